The van der Waals surface area contributed by atoms with Gasteiger partial charge in [0.05, 0.1) is 13.2 Å². The van der Waals surface area contributed by atoms with E-state index in [1.54, 1.807) is 29.2 Å². The molecule has 1 atom stereocenters. The minimum absolute atomic E-state index is 0.0339. The van der Waals surface area contributed by atoms with Crippen LogP contribution < -0.4 is 4.74 Å². The number of rotatable bonds is 5. The number of amides is 1. The number of nitrogens with zero attached hydrogens (tertiary/aromatic N) is 2. The molecule has 150 valence electrons. The molecule has 1 aromatic heterocycles. The summed E-state index contributed by atoms with van der Waals surface area (Å²) in [6.07, 6.45) is 0.792. The van der Waals surface area contributed by atoms with Crippen molar-refractivity contribution in [2.24, 2.45) is 0 Å². The average molecular weight is 393 g/mol. The number of aryl methyl sites for hydroxylation is 1. The Morgan fingerprint density at radius 1 is 1.17 bits per heavy atom. The Hall–Kier alpha value is -3.48. The molecule has 1 aliphatic rings. The summed E-state index contributed by atoms with van der Waals surface area (Å²) in [6, 6.07) is 9.98. The van der Waals surface area contributed by atoms with Crippen molar-refractivity contribution in [1.29, 1.82) is 0 Å². The van der Waals surface area contributed by atoms with E-state index in [1.165, 1.54) is 7.11 Å². The van der Waals surface area contributed by atoms with Gasteiger partial charge in [0.1, 0.15) is 17.1 Å². The van der Waals surface area contributed by atoms with Gasteiger partial charge in [0.15, 0.2) is 11.5 Å². The lowest BCUT2D eigenvalue weighted by atomic mass is 9.95. The van der Waals surface area contributed by atoms with Crippen LogP contribution in [0.2, 0.25) is 0 Å². The summed E-state index contributed by atoms with van der Waals surface area (Å²) in [5.74, 6) is 0.341. The lowest BCUT2D eigenvalue weighted by Crippen LogP contribution is -2.30. The van der Waals surface area contributed by atoms with Crippen molar-refractivity contribution in [3.63, 3.8) is 0 Å². The summed E-state index contributed by atoms with van der Waals surface area (Å²) in [5.41, 5.74) is 4.04. The van der Waals surface area contributed by atoms with Gasteiger partial charge < -0.3 is 19.8 Å². The van der Waals surface area contributed by atoms with E-state index in [4.69, 9.17) is 4.74 Å². The van der Waals surface area contributed by atoms with Gasteiger partial charge >= 0.3 is 0 Å². The van der Waals surface area contributed by atoms with Crippen molar-refractivity contribution in [1.82, 2.24) is 15.1 Å². The van der Waals surface area contributed by atoms with Crippen LogP contribution in [0.15, 0.2) is 36.4 Å². The van der Waals surface area contributed by atoms with Gasteiger partial charge in [-0.25, -0.2) is 0 Å². The molecule has 0 fully saturated rings. The number of fused-ring (bicyclic) bond motifs is 1. The maximum Gasteiger partial charge on any atom is 0.273 e. The first-order valence-corrected chi connectivity index (χ1v) is 9.52. The summed E-state index contributed by atoms with van der Waals surface area (Å²) in [6.45, 7) is 4.52. The third-order valence-corrected chi connectivity index (χ3v) is 5.26. The van der Waals surface area contributed by atoms with Crippen molar-refractivity contribution in [2.45, 2.75) is 26.3 Å². The molecule has 29 heavy (non-hydrogen) atoms. The third-order valence-electron chi connectivity index (χ3n) is 5.26. The topological polar surface area (TPSA) is 98.7 Å². The highest BCUT2D eigenvalue weighted by Gasteiger charge is 2.42. The number of ether oxygens (including phenoxy) is 1. The highest BCUT2D eigenvalue weighted by molar-refractivity contribution is 6.00. The van der Waals surface area contributed by atoms with Crippen LogP contribution in [0, 0.1) is 6.92 Å². The second kappa shape index (κ2) is 7.16. The van der Waals surface area contributed by atoms with Crippen LogP contribution in [0.3, 0.4) is 0 Å². The van der Waals surface area contributed by atoms with Crippen LogP contribution in [0.25, 0.3) is 11.3 Å². The molecule has 0 radical (unpaired) electrons. The lowest BCUT2D eigenvalue weighted by Gasteiger charge is -2.26. The largest absolute Gasteiger partial charge is 0.507 e. The molecule has 3 N–H and O–H groups in total. The maximum absolute atomic E-state index is 13.1. The third kappa shape index (κ3) is 2.99. The molecule has 2 heterocycles. The molecule has 0 saturated carbocycles. The van der Waals surface area contributed by atoms with E-state index in [9.17, 15) is 15.0 Å². The van der Waals surface area contributed by atoms with Crippen LogP contribution in [-0.2, 0) is 0 Å². The Morgan fingerprint density at radius 3 is 2.66 bits per heavy atom. The Labute approximate surface area is 168 Å². The highest BCUT2D eigenvalue weighted by atomic mass is 16.5. The molecule has 3 aromatic rings. The molecule has 4 rings (SSSR count). The Bertz CT molecular complexity index is 1090. The zero-order chi connectivity index (χ0) is 20.7. The zero-order valence-corrected chi connectivity index (χ0v) is 16.6. The van der Waals surface area contributed by atoms with Crippen molar-refractivity contribution in [2.75, 3.05) is 13.7 Å². The van der Waals surface area contributed by atoms with E-state index in [0.717, 1.165) is 23.1 Å². The van der Waals surface area contributed by atoms with Crippen LogP contribution in [0.4, 0.5) is 0 Å². The molecule has 1 aliphatic heterocycles. The fourth-order valence-corrected chi connectivity index (χ4v) is 3.92. The first kappa shape index (κ1) is 18.9. The lowest BCUT2D eigenvalue weighted by molar-refractivity contribution is 0.0744. The SMILES string of the molecule is CCCN1C(=O)c2[nH]nc(-c3cc(C)ccc3O)c2C1c1ccc(O)c(OC)c1. The maximum atomic E-state index is 13.1. The molecule has 7 heteroatoms. The summed E-state index contributed by atoms with van der Waals surface area (Å²) in [7, 11) is 1.49. The smallest absolute Gasteiger partial charge is 0.273 e. The van der Waals surface area contributed by atoms with Crippen LogP contribution >= 0.6 is 0 Å². The molecule has 2 aromatic carbocycles. The summed E-state index contributed by atoms with van der Waals surface area (Å²) < 4.78 is 5.27. The predicted octanol–water partition coefficient (Wildman–Crippen LogP) is 3.76. The summed E-state index contributed by atoms with van der Waals surface area (Å²) >= 11 is 0. The number of H-pyrrole nitrogens is 1. The number of methoxy groups -OCH3 is 1. The number of aromatic amines is 1. The predicted molar refractivity (Wildman–Crippen MR) is 108 cm³/mol. The molecule has 0 aliphatic carbocycles. The number of phenols is 2. The Morgan fingerprint density at radius 2 is 1.93 bits per heavy atom. The normalized spacial score (nSPS) is 15.6. The van der Waals surface area contributed by atoms with Gasteiger partial charge in [-0.2, -0.15) is 5.10 Å². The highest BCUT2D eigenvalue weighted by Crippen LogP contribution is 2.45. The standard InChI is InChI=1S/C22H23N3O4/c1-4-9-25-21(13-6-8-16(27)17(11-13)29-3)18-19(23-24-20(18)22(25)28)14-10-12(2)5-7-15(14)26/h5-8,10-11,21,26-27H,4,9H2,1-3H3,(H,23,24). The van der Waals surface area contributed by atoms with E-state index >= 15 is 0 Å². The van der Waals surface area contributed by atoms with Gasteiger partial charge in [0.25, 0.3) is 5.91 Å². The van der Waals surface area contributed by atoms with Gasteiger partial charge in [-0.05, 0) is 43.2 Å². The fourth-order valence-electron chi connectivity index (χ4n) is 3.92. The van der Waals surface area contributed by atoms with E-state index in [2.05, 4.69) is 10.2 Å². The van der Waals surface area contributed by atoms with Crippen molar-refractivity contribution >= 4 is 5.91 Å². The Balaban J connectivity index is 1.93. The minimum atomic E-state index is -0.402. The first-order chi connectivity index (χ1) is 14.0. The number of aromatic nitrogens is 2. The molecule has 0 spiro atoms. The van der Waals surface area contributed by atoms with Crippen LogP contribution in [0.1, 0.15) is 46.6 Å². The van der Waals surface area contributed by atoms with Crippen LogP contribution in [-0.4, -0.2) is 44.9 Å². The number of aromatic hydroxyl groups is 2. The van der Waals surface area contributed by atoms with Crippen molar-refractivity contribution in [3.05, 3.63) is 58.8 Å². The summed E-state index contributed by atoms with van der Waals surface area (Å²) in [5, 5.41) is 27.7. The van der Waals surface area contributed by atoms with Crippen molar-refractivity contribution < 1.29 is 19.7 Å². The first-order valence-electron chi connectivity index (χ1n) is 9.52. The van der Waals surface area contributed by atoms with E-state index in [1.807, 2.05) is 26.0 Å². The van der Waals surface area contributed by atoms with Crippen LogP contribution in [0.5, 0.6) is 17.2 Å². The fraction of sp³-hybridized carbons (Fsp3) is 0.273. The van der Waals surface area contributed by atoms with Gasteiger partial charge in [0.2, 0.25) is 0 Å². The van der Waals surface area contributed by atoms with Gasteiger partial charge in [-0.15, -0.1) is 0 Å². The number of carbonyl (C=O) groups excluding carboxylic acids is 1. The molecular weight excluding hydrogens is 370 g/mol. The monoisotopic (exact) mass is 393 g/mol. The second-order valence-corrected chi connectivity index (χ2v) is 7.21. The number of nitrogens with one attached hydrogen (secondary N) is 1. The number of benzene rings is 2. The quantitative estimate of drug-likeness (QED) is 0.613. The van der Waals surface area contributed by atoms with Gasteiger partial charge in [0, 0.05) is 17.7 Å². The van der Waals surface area contributed by atoms with E-state index in [-0.39, 0.29) is 17.4 Å². The number of phenolic OH excluding ortho intramolecular Hbond substituents is 2. The second-order valence-electron chi connectivity index (χ2n) is 7.21. The summed E-state index contributed by atoms with van der Waals surface area (Å²) in [4.78, 5) is 14.9. The van der Waals surface area contributed by atoms with Gasteiger partial charge in [-0.1, -0.05) is 24.6 Å². The average Bonchev–Trinajstić information content (AvgIpc) is 3.24. The molecule has 0 bridgehead atoms. The number of carbonyl (C=O) groups is 1. The molecular formula is C22H23N3O4. The molecule has 1 unspecified atom stereocenters. The van der Waals surface area contributed by atoms with E-state index in [0.29, 0.717) is 29.2 Å². The van der Waals surface area contributed by atoms with Crippen molar-refractivity contribution in [3.8, 4) is 28.5 Å². The minimum Gasteiger partial charge on any atom is -0.507 e. The Kier molecular flexibility index (Phi) is 4.66. The number of hydrogen-bond acceptors (Lipinski definition) is 5. The molecule has 0 saturated heterocycles. The van der Waals surface area contributed by atoms with E-state index < -0.39 is 6.04 Å². The number of hydrogen-bond donors (Lipinski definition) is 3. The molecule has 1 amide bonds. The zero-order valence-electron chi connectivity index (χ0n) is 16.6. The van der Waals surface area contributed by atoms with Gasteiger partial charge in [-0.3, -0.25) is 9.89 Å². The molecule has 7 nitrogen and oxygen atoms in total.